The first-order valence-electron chi connectivity index (χ1n) is 5.40. The predicted molar refractivity (Wildman–Crippen MR) is 52.3 cm³/mol. The highest BCUT2D eigenvalue weighted by molar-refractivity contribution is 5.81. The molecular weight excluding hydrogens is 198 g/mol. The average Bonchev–Trinajstić information content (AvgIpc) is 2.78. The first kappa shape index (κ1) is 10.9. The van der Waals surface area contributed by atoms with Crippen LogP contribution in [0.5, 0.6) is 0 Å². The summed E-state index contributed by atoms with van der Waals surface area (Å²) in [4.78, 5) is 13.7. The molecule has 1 amide bonds. The Balaban J connectivity index is 1.85. The van der Waals surface area contributed by atoms with Crippen molar-refractivity contribution in [2.24, 2.45) is 5.92 Å². The molecule has 2 unspecified atom stereocenters. The molecule has 2 fully saturated rings. The van der Waals surface area contributed by atoms with Gasteiger partial charge >= 0.3 is 0 Å². The standard InChI is InChI=1S/C10H17NO4/c12-6-8-1-2-11(5-8)10(13)9-7-14-3-4-15-9/h8-9,12H,1-7H2. The number of likely N-dealkylation sites (tertiary alicyclic amines) is 1. The summed E-state index contributed by atoms with van der Waals surface area (Å²) in [6.45, 7) is 2.96. The van der Waals surface area contributed by atoms with Gasteiger partial charge in [0.1, 0.15) is 0 Å². The zero-order valence-corrected chi connectivity index (χ0v) is 8.72. The zero-order valence-electron chi connectivity index (χ0n) is 8.72. The second-order valence-electron chi connectivity index (χ2n) is 4.06. The van der Waals surface area contributed by atoms with Gasteiger partial charge in [0.05, 0.1) is 19.8 Å². The van der Waals surface area contributed by atoms with Gasteiger partial charge in [-0.25, -0.2) is 0 Å². The van der Waals surface area contributed by atoms with Gasteiger partial charge in [-0.3, -0.25) is 4.79 Å². The van der Waals surface area contributed by atoms with Crippen LogP contribution in [-0.4, -0.2) is 61.5 Å². The number of carbonyl (C=O) groups is 1. The summed E-state index contributed by atoms with van der Waals surface area (Å²) >= 11 is 0. The minimum absolute atomic E-state index is 0.00523. The zero-order chi connectivity index (χ0) is 10.7. The van der Waals surface area contributed by atoms with Crippen LogP contribution in [0.25, 0.3) is 0 Å². The smallest absolute Gasteiger partial charge is 0.254 e. The largest absolute Gasteiger partial charge is 0.396 e. The van der Waals surface area contributed by atoms with Crippen LogP contribution >= 0.6 is 0 Å². The second kappa shape index (κ2) is 4.92. The van der Waals surface area contributed by atoms with Gasteiger partial charge in [0.15, 0.2) is 6.10 Å². The normalized spacial score (nSPS) is 31.9. The van der Waals surface area contributed by atoms with Crippen molar-refractivity contribution < 1.29 is 19.4 Å². The van der Waals surface area contributed by atoms with Crippen molar-refractivity contribution in [2.75, 3.05) is 39.5 Å². The van der Waals surface area contributed by atoms with Gasteiger partial charge < -0.3 is 19.5 Å². The van der Waals surface area contributed by atoms with Crippen molar-refractivity contribution in [1.29, 1.82) is 0 Å². The first-order chi connectivity index (χ1) is 7.31. The van der Waals surface area contributed by atoms with E-state index in [2.05, 4.69) is 0 Å². The Morgan fingerprint density at radius 1 is 1.47 bits per heavy atom. The van der Waals surface area contributed by atoms with Gasteiger partial charge in [-0.2, -0.15) is 0 Å². The molecule has 0 aromatic rings. The van der Waals surface area contributed by atoms with Crippen molar-refractivity contribution in [3.8, 4) is 0 Å². The predicted octanol–water partition coefficient (Wildman–Crippen LogP) is -0.757. The Kier molecular flexibility index (Phi) is 3.56. The number of nitrogens with zero attached hydrogens (tertiary/aromatic N) is 1. The maximum atomic E-state index is 11.9. The molecule has 2 rings (SSSR count). The fourth-order valence-electron chi connectivity index (χ4n) is 2.02. The SMILES string of the molecule is O=C(C1COCCO1)N1CCC(CO)C1. The number of hydrogen-bond acceptors (Lipinski definition) is 4. The van der Waals surface area contributed by atoms with Crippen LogP contribution in [0, 0.1) is 5.92 Å². The van der Waals surface area contributed by atoms with E-state index in [1.807, 2.05) is 0 Å². The molecular formula is C10H17NO4. The van der Waals surface area contributed by atoms with E-state index in [-0.39, 0.29) is 18.4 Å². The fraction of sp³-hybridized carbons (Fsp3) is 0.900. The minimum Gasteiger partial charge on any atom is -0.396 e. The summed E-state index contributed by atoms with van der Waals surface area (Å²) in [6, 6.07) is 0. The highest BCUT2D eigenvalue weighted by Crippen LogP contribution is 2.17. The first-order valence-corrected chi connectivity index (χ1v) is 5.40. The Labute approximate surface area is 89.0 Å². The number of rotatable bonds is 2. The van der Waals surface area contributed by atoms with E-state index in [9.17, 15) is 4.79 Å². The van der Waals surface area contributed by atoms with Crippen molar-refractivity contribution >= 4 is 5.91 Å². The summed E-state index contributed by atoms with van der Waals surface area (Å²) in [6.07, 6.45) is 0.451. The van der Waals surface area contributed by atoms with Crippen LogP contribution in [-0.2, 0) is 14.3 Å². The quantitative estimate of drug-likeness (QED) is 0.658. The van der Waals surface area contributed by atoms with Crippen molar-refractivity contribution in [3.05, 3.63) is 0 Å². The summed E-state index contributed by atoms with van der Waals surface area (Å²) in [5, 5.41) is 8.98. The van der Waals surface area contributed by atoms with Gasteiger partial charge in [-0.1, -0.05) is 0 Å². The van der Waals surface area contributed by atoms with E-state index in [0.717, 1.165) is 13.0 Å². The van der Waals surface area contributed by atoms with Gasteiger partial charge in [0.25, 0.3) is 5.91 Å². The number of ether oxygens (including phenoxy) is 2. The molecule has 0 aliphatic carbocycles. The lowest BCUT2D eigenvalue weighted by Crippen LogP contribution is -2.44. The molecule has 0 aromatic heterocycles. The number of aliphatic hydroxyl groups is 1. The number of amides is 1. The molecule has 2 aliphatic rings. The van der Waals surface area contributed by atoms with Crippen LogP contribution in [0.15, 0.2) is 0 Å². The molecule has 0 aromatic carbocycles. The van der Waals surface area contributed by atoms with Crippen LogP contribution in [0.4, 0.5) is 0 Å². The summed E-state index contributed by atoms with van der Waals surface area (Å²) in [5.41, 5.74) is 0. The monoisotopic (exact) mass is 215 g/mol. The Bertz CT molecular complexity index is 227. The lowest BCUT2D eigenvalue weighted by atomic mass is 10.1. The minimum atomic E-state index is -0.434. The maximum Gasteiger partial charge on any atom is 0.254 e. The molecule has 0 saturated carbocycles. The number of carbonyl (C=O) groups excluding carboxylic acids is 1. The molecule has 0 spiro atoms. The fourth-order valence-corrected chi connectivity index (χ4v) is 2.02. The van der Waals surface area contributed by atoms with Crippen LogP contribution in [0.2, 0.25) is 0 Å². The molecule has 5 heteroatoms. The Morgan fingerprint density at radius 2 is 2.33 bits per heavy atom. The molecule has 5 nitrogen and oxygen atoms in total. The highest BCUT2D eigenvalue weighted by Gasteiger charge is 2.32. The third-order valence-corrected chi connectivity index (χ3v) is 2.95. The van der Waals surface area contributed by atoms with Crippen LogP contribution < -0.4 is 0 Å². The van der Waals surface area contributed by atoms with E-state index < -0.39 is 6.10 Å². The van der Waals surface area contributed by atoms with Crippen molar-refractivity contribution in [1.82, 2.24) is 4.90 Å². The molecule has 1 N–H and O–H groups in total. The molecule has 86 valence electrons. The van der Waals surface area contributed by atoms with Crippen LogP contribution in [0.1, 0.15) is 6.42 Å². The maximum absolute atomic E-state index is 11.9. The average molecular weight is 215 g/mol. The molecule has 0 bridgehead atoms. The van der Waals surface area contributed by atoms with Gasteiger partial charge in [0.2, 0.25) is 0 Å². The van der Waals surface area contributed by atoms with E-state index >= 15 is 0 Å². The number of aliphatic hydroxyl groups excluding tert-OH is 1. The third kappa shape index (κ3) is 2.48. The summed E-state index contributed by atoms with van der Waals surface area (Å²) < 4.78 is 10.5. The molecule has 0 radical (unpaired) electrons. The van der Waals surface area contributed by atoms with E-state index in [4.69, 9.17) is 14.6 Å². The van der Waals surface area contributed by atoms with Crippen LogP contribution in [0.3, 0.4) is 0 Å². The van der Waals surface area contributed by atoms with Gasteiger partial charge in [-0.05, 0) is 6.42 Å². The topological polar surface area (TPSA) is 59.0 Å². The molecule has 2 heterocycles. The van der Waals surface area contributed by atoms with Gasteiger partial charge in [-0.15, -0.1) is 0 Å². The lowest BCUT2D eigenvalue weighted by Gasteiger charge is -2.26. The molecule has 2 atom stereocenters. The highest BCUT2D eigenvalue weighted by atomic mass is 16.6. The molecule has 2 aliphatic heterocycles. The third-order valence-electron chi connectivity index (χ3n) is 2.95. The second-order valence-corrected chi connectivity index (χ2v) is 4.06. The lowest BCUT2D eigenvalue weighted by molar-refractivity contribution is -0.157. The molecule has 2 saturated heterocycles. The van der Waals surface area contributed by atoms with Gasteiger partial charge in [0, 0.05) is 25.6 Å². The summed E-state index contributed by atoms with van der Waals surface area (Å²) in [7, 11) is 0. The Hall–Kier alpha value is -0.650. The summed E-state index contributed by atoms with van der Waals surface area (Å²) in [5.74, 6) is 0.240. The Morgan fingerprint density at radius 3 is 2.93 bits per heavy atom. The van der Waals surface area contributed by atoms with E-state index in [0.29, 0.717) is 26.4 Å². The number of hydrogen-bond donors (Lipinski definition) is 1. The van der Waals surface area contributed by atoms with Crippen molar-refractivity contribution in [2.45, 2.75) is 12.5 Å². The van der Waals surface area contributed by atoms with E-state index in [1.54, 1.807) is 4.90 Å². The van der Waals surface area contributed by atoms with E-state index in [1.165, 1.54) is 0 Å². The molecule has 15 heavy (non-hydrogen) atoms. The van der Waals surface area contributed by atoms with Crippen molar-refractivity contribution in [3.63, 3.8) is 0 Å².